The molecule has 2 heterocycles. The monoisotopic (exact) mass is 326 g/mol. The second-order valence-electron chi connectivity index (χ2n) is 5.52. The van der Waals surface area contributed by atoms with Crippen LogP contribution in [0.1, 0.15) is 34.3 Å². The van der Waals surface area contributed by atoms with Gasteiger partial charge in [-0.2, -0.15) is 4.98 Å². The summed E-state index contributed by atoms with van der Waals surface area (Å²) in [6.45, 7) is 3.80. The summed E-state index contributed by atoms with van der Waals surface area (Å²) in [7, 11) is 0. The highest BCUT2D eigenvalue weighted by Gasteiger charge is 2.14. The van der Waals surface area contributed by atoms with Crippen molar-refractivity contribution in [2.45, 2.75) is 33.2 Å². The van der Waals surface area contributed by atoms with Gasteiger partial charge in [0.05, 0.1) is 18.7 Å². The summed E-state index contributed by atoms with van der Waals surface area (Å²) in [6.07, 6.45) is 0.809. The SMILES string of the molecule is Cc1noc(C)c1CC(=O)NCc1nc(Cc2ccccc2)no1. The first-order chi connectivity index (χ1) is 11.6. The number of rotatable bonds is 6. The lowest BCUT2D eigenvalue weighted by atomic mass is 10.1. The molecule has 0 aliphatic carbocycles. The van der Waals surface area contributed by atoms with E-state index in [1.54, 1.807) is 6.92 Å². The van der Waals surface area contributed by atoms with Crippen LogP contribution in [0.25, 0.3) is 0 Å². The lowest BCUT2D eigenvalue weighted by Crippen LogP contribution is -2.25. The highest BCUT2D eigenvalue weighted by molar-refractivity contribution is 5.78. The van der Waals surface area contributed by atoms with Crippen molar-refractivity contribution in [3.05, 3.63) is 64.6 Å². The third-order valence-electron chi connectivity index (χ3n) is 3.67. The van der Waals surface area contributed by atoms with Gasteiger partial charge in [-0.05, 0) is 19.4 Å². The highest BCUT2D eigenvalue weighted by atomic mass is 16.5. The van der Waals surface area contributed by atoms with E-state index in [2.05, 4.69) is 20.6 Å². The maximum Gasteiger partial charge on any atom is 0.246 e. The number of aromatic nitrogens is 3. The van der Waals surface area contributed by atoms with Crippen LogP contribution in [0.2, 0.25) is 0 Å². The van der Waals surface area contributed by atoms with Gasteiger partial charge < -0.3 is 14.4 Å². The van der Waals surface area contributed by atoms with Gasteiger partial charge in [-0.1, -0.05) is 40.6 Å². The molecular weight excluding hydrogens is 308 g/mol. The number of hydrogen-bond donors (Lipinski definition) is 1. The van der Waals surface area contributed by atoms with Gasteiger partial charge in [-0.15, -0.1) is 0 Å². The first-order valence-electron chi connectivity index (χ1n) is 7.65. The minimum absolute atomic E-state index is 0.146. The van der Waals surface area contributed by atoms with Crippen molar-refractivity contribution in [1.29, 1.82) is 0 Å². The van der Waals surface area contributed by atoms with Crippen LogP contribution < -0.4 is 5.32 Å². The quantitative estimate of drug-likeness (QED) is 0.745. The van der Waals surface area contributed by atoms with Gasteiger partial charge >= 0.3 is 0 Å². The molecule has 0 fully saturated rings. The largest absolute Gasteiger partial charge is 0.361 e. The lowest BCUT2D eigenvalue weighted by molar-refractivity contribution is -0.120. The molecule has 0 radical (unpaired) electrons. The number of amides is 1. The van der Waals surface area contributed by atoms with Crippen LogP contribution in [0.3, 0.4) is 0 Å². The average Bonchev–Trinajstić information content (AvgIpc) is 3.15. The fraction of sp³-hybridized carbons (Fsp3) is 0.294. The molecule has 2 aromatic heterocycles. The van der Waals surface area contributed by atoms with Gasteiger partial charge in [0.25, 0.3) is 0 Å². The fourth-order valence-corrected chi connectivity index (χ4v) is 2.36. The van der Waals surface area contributed by atoms with Gasteiger partial charge in [0, 0.05) is 12.0 Å². The molecule has 0 unspecified atom stereocenters. The molecule has 1 N–H and O–H groups in total. The maximum atomic E-state index is 12.0. The summed E-state index contributed by atoms with van der Waals surface area (Å²) < 4.78 is 10.2. The van der Waals surface area contributed by atoms with Gasteiger partial charge in [0.2, 0.25) is 11.8 Å². The zero-order valence-electron chi connectivity index (χ0n) is 13.6. The first-order valence-corrected chi connectivity index (χ1v) is 7.65. The van der Waals surface area contributed by atoms with Crippen molar-refractivity contribution in [2.24, 2.45) is 0 Å². The van der Waals surface area contributed by atoms with E-state index in [9.17, 15) is 4.79 Å². The van der Waals surface area contributed by atoms with Crippen LogP contribution in [0.4, 0.5) is 0 Å². The minimum atomic E-state index is -0.146. The molecule has 124 valence electrons. The van der Waals surface area contributed by atoms with Crippen LogP contribution in [0.15, 0.2) is 39.4 Å². The van der Waals surface area contributed by atoms with Crippen molar-refractivity contribution < 1.29 is 13.8 Å². The van der Waals surface area contributed by atoms with Gasteiger partial charge in [-0.3, -0.25) is 4.79 Å². The summed E-state index contributed by atoms with van der Waals surface area (Å²) in [5.74, 6) is 1.49. The Morgan fingerprint density at radius 3 is 2.62 bits per heavy atom. The highest BCUT2D eigenvalue weighted by Crippen LogP contribution is 2.12. The third-order valence-corrected chi connectivity index (χ3v) is 3.67. The Morgan fingerprint density at radius 1 is 1.12 bits per heavy atom. The molecule has 0 aliphatic heterocycles. The Labute approximate surface area is 139 Å². The number of benzene rings is 1. The standard InChI is InChI=1S/C17H18N4O3/c1-11-14(12(2)23-20-11)9-16(22)18-10-17-19-15(21-24-17)8-13-6-4-3-5-7-13/h3-7H,8-10H2,1-2H3,(H,18,22). The number of nitrogens with zero attached hydrogens (tertiary/aromatic N) is 3. The predicted molar refractivity (Wildman–Crippen MR) is 85.1 cm³/mol. The van der Waals surface area contributed by atoms with E-state index in [1.165, 1.54) is 0 Å². The molecule has 1 amide bonds. The molecule has 0 saturated carbocycles. The van der Waals surface area contributed by atoms with E-state index in [1.807, 2.05) is 37.3 Å². The molecule has 0 spiro atoms. The predicted octanol–water partition coefficient (Wildman–Crippen LogP) is 2.12. The first kappa shape index (κ1) is 15.9. The van der Waals surface area contributed by atoms with Crippen molar-refractivity contribution >= 4 is 5.91 Å². The van der Waals surface area contributed by atoms with Crippen LogP contribution in [0.5, 0.6) is 0 Å². The van der Waals surface area contributed by atoms with E-state index >= 15 is 0 Å². The molecule has 3 aromatic rings. The molecule has 1 aromatic carbocycles. The molecule has 7 heteroatoms. The van der Waals surface area contributed by atoms with Crippen LogP contribution in [0, 0.1) is 13.8 Å². The van der Waals surface area contributed by atoms with Gasteiger partial charge in [-0.25, -0.2) is 0 Å². The van der Waals surface area contributed by atoms with Crippen LogP contribution >= 0.6 is 0 Å². The Morgan fingerprint density at radius 2 is 1.92 bits per heavy atom. The van der Waals surface area contributed by atoms with E-state index in [4.69, 9.17) is 9.05 Å². The summed E-state index contributed by atoms with van der Waals surface area (Å²) in [6, 6.07) is 9.89. The molecule has 0 bridgehead atoms. The fourth-order valence-electron chi connectivity index (χ4n) is 2.36. The van der Waals surface area contributed by atoms with Crippen LogP contribution in [-0.4, -0.2) is 21.2 Å². The van der Waals surface area contributed by atoms with Crippen molar-refractivity contribution in [1.82, 2.24) is 20.6 Å². The van der Waals surface area contributed by atoms with E-state index < -0.39 is 0 Å². The van der Waals surface area contributed by atoms with Gasteiger partial charge in [0.15, 0.2) is 5.82 Å². The van der Waals surface area contributed by atoms with Crippen molar-refractivity contribution in [3.63, 3.8) is 0 Å². The minimum Gasteiger partial charge on any atom is -0.361 e. The molecule has 3 rings (SSSR count). The van der Waals surface area contributed by atoms with Crippen molar-refractivity contribution in [2.75, 3.05) is 0 Å². The molecule has 0 atom stereocenters. The second kappa shape index (κ2) is 7.08. The summed E-state index contributed by atoms with van der Waals surface area (Å²) >= 11 is 0. The molecular formula is C17H18N4O3. The Bertz CT molecular complexity index is 804. The normalized spacial score (nSPS) is 10.8. The average molecular weight is 326 g/mol. The Kier molecular flexibility index (Phi) is 4.69. The number of nitrogens with one attached hydrogen (secondary N) is 1. The van der Waals surface area contributed by atoms with E-state index in [0.29, 0.717) is 23.9 Å². The Balaban J connectivity index is 1.53. The van der Waals surface area contributed by atoms with Gasteiger partial charge in [0.1, 0.15) is 5.76 Å². The third kappa shape index (κ3) is 3.87. The maximum absolute atomic E-state index is 12.0. The molecule has 0 aliphatic rings. The number of aryl methyl sites for hydroxylation is 2. The summed E-state index contributed by atoms with van der Waals surface area (Å²) in [4.78, 5) is 16.3. The van der Waals surface area contributed by atoms with Crippen LogP contribution in [-0.2, 0) is 24.2 Å². The molecule has 7 nitrogen and oxygen atoms in total. The number of hydrogen-bond acceptors (Lipinski definition) is 6. The molecule has 24 heavy (non-hydrogen) atoms. The molecule has 0 saturated heterocycles. The smallest absolute Gasteiger partial charge is 0.246 e. The topological polar surface area (TPSA) is 94.1 Å². The lowest BCUT2D eigenvalue weighted by Gasteiger charge is -2.01. The summed E-state index contributed by atoms with van der Waals surface area (Å²) in [5.41, 5.74) is 2.64. The van der Waals surface area contributed by atoms with E-state index in [0.717, 1.165) is 16.8 Å². The zero-order valence-corrected chi connectivity index (χ0v) is 13.6. The number of carbonyl (C=O) groups excluding carboxylic acids is 1. The Hall–Kier alpha value is -2.96. The van der Waals surface area contributed by atoms with Crippen molar-refractivity contribution in [3.8, 4) is 0 Å². The second-order valence-corrected chi connectivity index (χ2v) is 5.52. The van der Waals surface area contributed by atoms with E-state index in [-0.39, 0.29) is 18.9 Å². The zero-order chi connectivity index (χ0) is 16.9. The number of carbonyl (C=O) groups is 1. The summed E-state index contributed by atoms with van der Waals surface area (Å²) in [5, 5.41) is 10.5.